The number of ether oxygens (including phenoxy) is 1. The van der Waals surface area contributed by atoms with Gasteiger partial charge in [0.1, 0.15) is 6.61 Å². The average Bonchev–Trinajstić information content (AvgIpc) is 2.57. The normalized spacial score (nSPS) is 11.5. The van der Waals surface area contributed by atoms with Crippen LogP contribution in [0.1, 0.15) is 26.5 Å². The molecule has 0 bridgehead atoms. The van der Waals surface area contributed by atoms with Crippen molar-refractivity contribution in [1.82, 2.24) is 15.1 Å². The first-order valence-electron chi connectivity index (χ1n) is 5.26. The summed E-state index contributed by atoms with van der Waals surface area (Å²) < 4.78 is 7.05. The molecule has 1 heterocycles. The molecule has 1 amide bonds. The van der Waals surface area contributed by atoms with Gasteiger partial charge in [-0.3, -0.25) is 9.48 Å². The van der Waals surface area contributed by atoms with E-state index in [1.165, 1.54) is 0 Å². The number of amides is 1. The van der Waals surface area contributed by atoms with Crippen LogP contribution in [0.5, 0.6) is 0 Å². The summed E-state index contributed by atoms with van der Waals surface area (Å²) in [7, 11) is 1.84. The third-order valence-electron chi connectivity index (χ3n) is 1.87. The zero-order valence-corrected chi connectivity index (χ0v) is 10.3. The molecule has 5 nitrogen and oxygen atoms in total. The Balaban J connectivity index is 2.25. The van der Waals surface area contributed by atoms with Crippen molar-refractivity contribution in [3.63, 3.8) is 0 Å². The second-order valence-corrected chi connectivity index (χ2v) is 4.66. The smallest absolute Gasteiger partial charge is 0.246 e. The van der Waals surface area contributed by atoms with Crippen LogP contribution in [0.4, 0.5) is 0 Å². The summed E-state index contributed by atoms with van der Waals surface area (Å²) in [4.78, 5) is 11.4. The van der Waals surface area contributed by atoms with Gasteiger partial charge in [0, 0.05) is 13.2 Å². The van der Waals surface area contributed by atoms with Crippen LogP contribution in [0.2, 0.25) is 0 Å². The molecule has 5 heteroatoms. The van der Waals surface area contributed by atoms with Crippen molar-refractivity contribution >= 4 is 5.91 Å². The molecule has 0 spiro atoms. The Hall–Kier alpha value is -1.36. The fourth-order valence-corrected chi connectivity index (χ4v) is 1.08. The molecule has 1 aromatic rings. The minimum absolute atomic E-state index is 0.0797. The number of carbonyl (C=O) groups excluding carboxylic acids is 1. The Morgan fingerprint density at radius 2 is 2.25 bits per heavy atom. The molecule has 0 fully saturated rings. The number of hydrogen-bond donors (Lipinski definition) is 1. The largest absolute Gasteiger partial charge is 0.366 e. The van der Waals surface area contributed by atoms with Gasteiger partial charge < -0.3 is 10.1 Å². The molecule has 1 aromatic heterocycles. The van der Waals surface area contributed by atoms with Crippen LogP contribution in [0.15, 0.2) is 12.3 Å². The lowest BCUT2D eigenvalue weighted by Crippen LogP contribution is -2.31. The van der Waals surface area contributed by atoms with E-state index in [9.17, 15) is 4.79 Å². The summed E-state index contributed by atoms with van der Waals surface area (Å²) >= 11 is 0. The molecule has 0 aliphatic heterocycles. The van der Waals surface area contributed by atoms with Crippen molar-refractivity contribution in [2.24, 2.45) is 7.05 Å². The van der Waals surface area contributed by atoms with Gasteiger partial charge in [0.05, 0.1) is 17.8 Å². The van der Waals surface area contributed by atoms with Crippen molar-refractivity contribution < 1.29 is 9.53 Å². The molecule has 0 saturated heterocycles. The van der Waals surface area contributed by atoms with Crippen molar-refractivity contribution in [1.29, 1.82) is 0 Å². The molecule has 1 rings (SSSR count). The number of hydrogen-bond acceptors (Lipinski definition) is 3. The first-order valence-corrected chi connectivity index (χ1v) is 5.26. The van der Waals surface area contributed by atoms with E-state index in [-0.39, 0.29) is 18.1 Å². The van der Waals surface area contributed by atoms with E-state index in [1.807, 2.05) is 40.1 Å². The predicted octanol–water partition coefficient (Wildman–Crippen LogP) is 0.851. The highest BCUT2D eigenvalue weighted by Gasteiger charge is 2.12. The first kappa shape index (κ1) is 12.7. The summed E-state index contributed by atoms with van der Waals surface area (Å²) in [5, 5.41) is 6.90. The highest BCUT2D eigenvalue weighted by atomic mass is 16.5. The Morgan fingerprint density at radius 3 is 2.75 bits per heavy atom. The summed E-state index contributed by atoms with van der Waals surface area (Å²) in [6, 6.07) is 1.87. The molecule has 1 N–H and O–H groups in total. The predicted molar refractivity (Wildman–Crippen MR) is 60.8 cm³/mol. The van der Waals surface area contributed by atoms with E-state index in [0.717, 1.165) is 5.69 Å². The van der Waals surface area contributed by atoms with Crippen LogP contribution in [-0.2, 0) is 23.1 Å². The van der Waals surface area contributed by atoms with Gasteiger partial charge in [-0.05, 0) is 26.8 Å². The van der Waals surface area contributed by atoms with Crippen LogP contribution in [0.25, 0.3) is 0 Å². The van der Waals surface area contributed by atoms with E-state index in [4.69, 9.17) is 4.74 Å². The van der Waals surface area contributed by atoms with Gasteiger partial charge in [0.25, 0.3) is 0 Å². The molecule has 16 heavy (non-hydrogen) atoms. The van der Waals surface area contributed by atoms with Crippen LogP contribution in [0.3, 0.4) is 0 Å². The van der Waals surface area contributed by atoms with Crippen molar-refractivity contribution in [3.8, 4) is 0 Å². The highest BCUT2D eigenvalue weighted by molar-refractivity contribution is 5.77. The van der Waals surface area contributed by atoms with Gasteiger partial charge in [-0.15, -0.1) is 0 Å². The molecule has 0 aromatic carbocycles. The number of rotatable bonds is 4. The van der Waals surface area contributed by atoms with E-state index in [0.29, 0.717) is 6.54 Å². The summed E-state index contributed by atoms with van der Waals surface area (Å²) in [5.74, 6) is -0.124. The zero-order chi connectivity index (χ0) is 12.2. The Morgan fingerprint density at radius 1 is 1.56 bits per heavy atom. The van der Waals surface area contributed by atoms with E-state index >= 15 is 0 Å². The molecular weight excluding hydrogens is 206 g/mol. The van der Waals surface area contributed by atoms with Crippen LogP contribution >= 0.6 is 0 Å². The van der Waals surface area contributed by atoms with Crippen LogP contribution in [0, 0.1) is 0 Å². The van der Waals surface area contributed by atoms with E-state index in [1.54, 1.807) is 4.68 Å². The van der Waals surface area contributed by atoms with E-state index in [2.05, 4.69) is 10.4 Å². The lowest BCUT2D eigenvalue weighted by Gasteiger charge is -2.18. The third-order valence-corrected chi connectivity index (χ3v) is 1.87. The molecular formula is C11H19N3O2. The van der Waals surface area contributed by atoms with Crippen LogP contribution in [-0.4, -0.2) is 27.9 Å². The molecule has 90 valence electrons. The minimum atomic E-state index is -0.289. The standard InChI is InChI=1S/C11H19N3O2/c1-11(2,3)16-8-10(15)12-7-9-5-6-14(4)13-9/h5-6H,7-8H2,1-4H3,(H,12,15). The maximum atomic E-state index is 11.4. The molecule has 0 aliphatic rings. The second kappa shape index (κ2) is 5.12. The number of aromatic nitrogens is 2. The second-order valence-electron chi connectivity index (χ2n) is 4.66. The lowest BCUT2D eigenvalue weighted by atomic mass is 10.2. The Kier molecular flexibility index (Phi) is 4.06. The molecule has 0 aliphatic carbocycles. The van der Waals surface area contributed by atoms with E-state index < -0.39 is 0 Å². The summed E-state index contributed by atoms with van der Waals surface area (Å²) in [6.07, 6.45) is 1.84. The minimum Gasteiger partial charge on any atom is -0.366 e. The van der Waals surface area contributed by atoms with Gasteiger partial charge in [-0.1, -0.05) is 0 Å². The Bertz CT molecular complexity index is 352. The average molecular weight is 225 g/mol. The zero-order valence-electron chi connectivity index (χ0n) is 10.3. The highest BCUT2D eigenvalue weighted by Crippen LogP contribution is 2.05. The SMILES string of the molecule is Cn1ccc(CNC(=O)COC(C)(C)C)n1. The van der Waals surface area contributed by atoms with Gasteiger partial charge in [-0.25, -0.2) is 0 Å². The molecule has 0 atom stereocenters. The van der Waals surface area contributed by atoms with Gasteiger partial charge in [0.15, 0.2) is 0 Å². The maximum Gasteiger partial charge on any atom is 0.246 e. The van der Waals surface area contributed by atoms with Crippen molar-refractivity contribution in [3.05, 3.63) is 18.0 Å². The lowest BCUT2D eigenvalue weighted by molar-refractivity contribution is -0.130. The number of carbonyl (C=O) groups is 1. The number of aryl methyl sites for hydroxylation is 1. The molecule has 0 unspecified atom stereocenters. The quantitative estimate of drug-likeness (QED) is 0.826. The number of nitrogens with one attached hydrogen (secondary N) is 1. The summed E-state index contributed by atoms with van der Waals surface area (Å²) in [5.41, 5.74) is 0.550. The maximum absolute atomic E-state index is 11.4. The van der Waals surface area contributed by atoms with Gasteiger partial charge in [0.2, 0.25) is 5.91 Å². The fraction of sp³-hybridized carbons (Fsp3) is 0.636. The monoisotopic (exact) mass is 225 g/mol. The Labute approximate surface area is 95.8 Å². The van der Waals surface area contributed by atoms with Crippen molar-refractivity contribution in [2.75, 3.05) is 6.61 Å². The van der Waals surface area contributed by atoms with Crippen molar-refractivity contribution in [2.45, 2.75) is 32.9 Å². The molecule has 0 saturated carbocycles. The third kappa shape index (κ3) is 4.93. The first-order chi connectivity index (χ1) is 7.37. The topological polar surface area (TPSA) is 56.2 Å². The fourth-order valence-electron chi connectivity index (χ4n) is 1.08. The van der Waals surface area contributed by atoms with Crippen LogP contribution < -0.4 is 5.32 Å². The molecule has 0 radical (unpaired) electrons. The number of nitrogens with zero attached hydrogens (tertiary/aromatic N) is 2. The van der Waals surface area contributed by atoms with Gasteiger partial charge in [-0.2, -0.15) is 5.10 Å². The summed E-state index contributed by atoms with van der Waals surface area (Å²) in [6.45, 7) is 6.26. The van der Waals surface area contributed by atoms with Gasteiger partial charge >= 0.3 is 0 Å².